The molecule has 24 heavy (non-hydrogen) atoms. The fourth-order valence-corrected chi connectivity index (χ4v) is 5.49. The number of halogens is 1. The Hall–Kier alpha value is -1.88. The van der Waals surface area contributed by atoms with Gasteiger partial charge in [0.15, 0.2) is 11.5 Å². The fraction of sp³-hybridized carbons (Fsp3) is 0.500. The van der Waals surface area contributed by atoms with Gasteiger partial charge in [-0.05, 0) is 62.0 Å². The van der Waals surface area contributed by atoms with Gasteiger partial charge < -0.3 is 5.11 Å². The van der Waals surface area contributed by atoms with Crippen molar-refractivity contribution in [2.45, 2.75) is 43.9 Å². The molecule has 0 amide bonds. The van der Waals surface area contributed by atoms with Crippen molar-refractivity contribution in [3.63, 3.8) is 0 Å². The molecule has 4 aliphatic rings. The van der Waals surface area contributed by atoms with Crippen LogP contribution in [0.1, 0.15) is 65.7 Å². The Balaban J connectivity index is 1.75. The van der Waals surface area contributed by atoms with E-state index in [0.29, 0.717) is 22.7 Å². The Labute approximate surface area is 144 Å². The Morgan fingerprint density at radius 1 is 1.12 bits per heavy atom. The number of hydrogen-bond acceptors (Lipinski definition) is 3. The molecule has 4 aliphatic carbocycles. The quantitative estimate of drug-likeness (QED) is 0.894. The van der Waals surface area contributed by atoms with E-state index in [2.05, 4.69) is 10.1 Å². The van der Waals surface area contributed by atoms with Crippen molar-refractivity contribution in [3.05, 3.63) is 40.3 Å². The Morgan fingerprint density at radius 3 is 2.46 bits per heavy atom. The van der Waals surface area contributed by atoms with Crippen LogP contribution in [0.25, 0.3) is 5.82 Å². The third kappa shape index (κ3) is 2.04. The molecule has 2 fully saturated rings. The molecule has 2 atom stereocenters. The summed E-state index contributed by atoms with van der Waals surface area (Å²) in [4.78, 5) is 16.2. The molecule has 2 heterocycles. The summed E-state index contributed by atoms with van der Waals surface area (Å²) in [5, 5.41) is 14.7. The number of carboxylic acids is 1. The number of nitrogens with zero attached hydrogens (tertiary/aromatic N) is 3. The summed E-state index contributed by atoms with van der Waals surface area (Å²) >= 11 is 5.95. The van der Waals surface area contributed by atoms with Crippen LogP contribution in [-0.2, 0) is 0 Å². The second kappa shape index (κ2) is 5.06. The summed E-state index contributed by atoms with van der Waals surface area (Å²) in [5.74, 6) is 1.92. The molecule has 1 N–H and O–H groups in total. The molecule has 4 bridgehead atoms. The Kier molecular flexibility index (Phi) is 3.05. The molecule has 0 spiro atoms. The highest BCUT2D eigenvalue weighted by Crippen LogP contribution is 2.57. The molecular formula is C18H18ClN3O2. The molecule has 2 saturated carbocycles. The van der Waals surface area contributed by atoms with Crippen molar-refractivity contribution in [1.29, 1.82) is 0 Å². The van der Waals surface area contributed by atoms with Gasteiger partial charge in [0.2, 0.25) is 0 Å². The fourth-order valence-electron chi connectivity index (χ4n) is 5.37. The van der Waals surface area contributed by atoms with E-state index in [4.69, 9.17) is 11.6 Å². The average Bonchev–Trinajstić information content (AvgIpc) is 2.87. The van der Waals surface area contributed by atoms with Crippen LogP contribution in [0.15, 0.2) is 18.3 Å². The molecule has 2 aromatic rings. The van der Waals surface area contributed by atoms with Crippen molar-refractivity contribution in [3.8, 4) is 5.82 Å². The number of carbonyl (C=O) groups is 1. The van der Waals surface area contributed by atoms with Crippen LogP contribution in [0, 0.1) is 11.8 Å². The first-order chi connectivity index (χ1) is 11.6. The summed E-state index contributed by atoms with van der Waals surface area (Å²) in [6.45, 7) is 0. The maximum atomic E-state index is 11.8. The van der Waals surface area contributed by atoms with E-state index in [9.17, 15) is 9.90 Å². The molecule has 0 aliphatic heterocycles. The van der Waals surface area contributed by atoms with Crippen LogP contribution in [0.3, 0.4) is 0 Å². The Bertz CT molecular complexity index is 816. The number of carboxylic acid groups (broad SMARTS) is 1. The lowest BCUT2D eigenvalue weighted by Gasteiger charge is -2.38. The third-order valence-corrected chi connectivity index (χ3v) is 6.25. The largest absolute Gasteiger partial charge is 0.476 e. The molecule has 0 aromatic carbocycles. The second-order valence-electron chi connectivity index (χ2n) is 7.50. The monoisotopic (exact) mass is 343 g/mol. The topological polar surface area (TPSA) is 68.0 Å². The lowest BCUT2D eigenvalue weighted by molar-refractivity contribution is 0.0686. The van der Waals surface area contributed by atoms with E-state index < -0.39 is 5.97 Å². The molecule has 5 nitrogen and oxygen atoms in total. The maximum absolute atomic E-state index is 11.8. The van der Waals surface area contributed by atoms with E-state index in [1.165, 1.54) is 6.42 Å². The molecule has 0 radical (unpaired) electrons. The van der Waals surface area contributed by atoms with Gasteiger partial charge in [0.05, 0.1) is 10.7 Å². The van der Waals surface area contributed by atoms with Gasteiger partial charge in [-0.3, -0.25) is 0 Å². The van der Waals surface area contributed by atoms with Crippen LogP contribution in [-0.4, -0.2) is 25.8 Å². The normalized spacial score (nSPS) is 30.2. The first kappa shape index (κ1) is 14.5. The Morgan fingerprint density at radius 2 is 1.83 bits per heavy atom. The molecule has 0 saturated heterocycles. The van der Waals surface area contributed by atoms with Gasteiger partial charge in [-0.25, -0.2) is 14.5 Å². The zero-order valence-electron chi connectivity index (χ0n) is 13.2. The summed E-state index contributed by atoms with van der Waals surface area (Å²) in [7, 11) is 0. The van der Waals surface area contributed by atoms with E-state index in [1.807, 2.05) is 6.07 Å². The minimum atomic E-state index is -0.930. The van der Waals surface area contributed by atoms with Crippen molar-refractivity contribution in [2.75, 3.05) is 0 Å². The van der Waals surface area contributed by atoms with Crippen molar-refractivity contribution >= 4 is 17.6 Å². The summed E-state index contributed by atoms with van der Waals surface area (Å²) < 4.78 is 1.78. The van der Waals surface area contributed by atoms with Crippen LogP contribution >= 0.6 is 11.6 Å². The van der Waals surface area contributed by atoms with Crippen molar-refractivity contribution in [2.24, 2.45) is 11.8 Å². The standard InChI is InChI=1S/C18H18ClN3O2/c19-13-1-2-14(20-8-13)22-17-12-6-9-3-10(7-12)5-11(4-9)15(17)16(21-22)18(23)24/h1-2,8-12H,3-7H2,(H,23,24). The number of hydrogen-bond donors (Lipinski definition) is 1. The van der Waals surface area contributed by atoms with Gasteiger partial charge in [0.1, 0.15) is 0 Å². The SMILES string of the molecule is O=C(O)c1nn(-c2ccc(Cl)cn2)c2c1C1CC3CC(C1)CC2C3. The molecule has 124 valence electrons. The van der Waals surface area contributed by atoms with Crippen LogP contribution in [0.5, 0.6) is 0 Å². The number of pyridine rings is 1. The van der Waals surface area contributed by atoms with Gasteiger partial charge in [-0.2, -0.15) is 5.10 Å². The maximum Gasteiger partial charge on any atom is 0.356 e. The van der Waals surface area contributed by atoms with Gasteiger partial charge in [-0.1, -0.05) is 11.6 Å². The van der Waals surface area contributed by atoms with E-state index in [-0.39, 0.29) is 5.69 Å². The van der Waals surface area contributed by atoms with Gasteiger partial charge in [-0.15, -0.1) is 0 Å². The molecule has 6 rings (SSSR count). The van der Waals surface area contributed by atoms with Crippen molar-refractivity contribution in [1.82, 2.24) is 14.8 Å². The van der Waals surface area contributed by atoms with Crippen molar-refractivity contribution < 1.29 is 9.90 Å². The predicted octanol–water partition coefficient (Wildman–Crippen LogP) is 4.01. The van der Waals surface area contributed by atoms with Crippen LogP contribution < -0.4 is 0 Å². The summed E-state index contributed by atoms with van der Waals surface area (Å²) in [6.07, 6.45) is 7.43. The minimum absolute atomic E-state index is 0.222. The van der Waals surface area contributed by atoms with E-state index in [1.54, 1.807) is 16.9 Å². The summed E-state index contributed by atoms with van der Waals surface area (Å²) in [6, 6.07) is 3.59. The lowest BCUT2D eigenvalue weighted by atomic mass is 9.67. The average molecular weight is 344 g/mol. The zero-order valence-corrected chi connectivity index (χ0v) is 13.9. The van der Waals surface area contributed by atoms with Gasteiger partial charge in [0.25, 0.3) is 0 Å². The highest BCUT2D eigenvalue weighted by atomic mass is 35.5. The zero-order chi connectivity index (χ0) is 16.4. The highest BCUT2D eigenvalue weighted by Gasteiger charge is 2.46. The number of aromatic carboxylic acids is 1. The highest BCUT2D eigenvalue weighted by molar-refractivity contribution is 6.30. The molecular weight excluding hydrogens is 326 g/mol. The molecule has 2 unspecified atom stereocenters. The second-order valence-corrected chi connectivity index (χ2v) is 7.94. The van der Waals surface area contributed by atoms with Gasteiger partial charge in [0, 0.05) is 17.7 Å². The van der Waals surface area contributed by atoms with E-state index in [0.717, 1.165) is 48.8 Å². The summed E-state index contributed by atoms with van der Waals surface area (Å²) in [5.41, 5.74) is 2.30. The molecule has 2 aromatic heterocycles. The van der Waals surface area contributed by atoms with Crippen LogP contribution in [0.4, 0.5) is 0 Å². The van der Waals surface area contributed by atoms with Gasteiger partial charge >= 0.3 is 5.97 Å². The number of rotatable bonds is 2. The molecule has 6 heteroatoms. The lowest BCUT2D eigenvalue weighted by Crippen LogP contribution is -2.26. The third-order valence-electron chi connectivity index (χ3n) is 6.02. The minimum Gasteiger partial charge on any atom is -0.476 e. The number of aromatic nitrogens is 3. The predicted molar refractivity (Wildman–Crippen MR) is 88.9 cm³/mol. The van der Waals surface area contributed by atoms with Crippen LogP contribution in [0.2, 0.25) is 5.02 Å². The first-order valence-electron chi connectivity index (χ1n) is 8.58. The van der Waals surface area contributed by atoms with E-state index >= 15 is 0 Å². The smallest absolute Gasteiger partial charge is 0.356 e. The first-order valence-corrected chi connectivity index (χ1v) is 8.96.